The number of piperazine rings is 1. The highest BCUT2D eigenvalue weighted by Gasteiger charge is 2.25. The molecule has 0 aliphatic carbocycles. The summed E-state index contributed by atoms with van der Waals surface area (Å²) in [5, 5.41) is 6.32. The van der Waals surface area contributed by atoms with E-state index in [9.17, 15) is 13.6 Å². The Labute approximate surface area is 182 Å². The third kappa shape index (κ3) is 8.95. The van der Waals surface area contributed by atoms with E-state index in [2.05, 4.69) is 25.3 Å². The summed E-state index contributed by atoms with van der Waals surface area (Å²) in [5.41, 5.74) is 0.122. The van der Waals surface area contributed by atoms with Crippen LogP contribution in [0.15, 0.2) is 29.3 Å². The minimum atomic E-state index is -2.87. The molecule has 1 aromatic carbocycles. The van der Waals surface area contributed by atoms with Gasteiger partial charge in [-0.1, -0.05) is 18.2 Å². The minimum absolute atomic E-state index is 0.142. The van der Waals surface area contributed by atoms with Crippen LogP contribution in [-0.4, -0.2) is 80.4 Å². The number of alkyl halides is 2. The van der Waals surface area contributed by atoms with E-state index < -0.39 is 12.2 Å². The van der Waals surface area contributed by atoms with Crippen molar-refractivity contribution < 1.29 is 23.0 Å². The second-order valence-corrected chi connectivity index (χ2v) is 8.15. The largest absolute Gasteiger partial charge is 0.444 e. The van der Waals surface area contributed by atoms with Crippen LogP contribution in [0.4, 0.5) is 13.6 Å². The molecule has 0 spiro atoms. The van der Waals surface area contributed by atoms with Crippen molar-refractivity contribution >= 4 is 12.1 Å². The van der Waals surface area contributed by atoms with Crippen molar-refractivity contribution in [1.82, 2.24) is 20.4 Å². The molecule has 0 radical (unpaired) electrons. The molecule has 0 atom stereocenters. The van der Waals surface area contributed by atoms with Crippen LogP contribution < -0.4 is 15.4 Å². The number of rotatable bonds is 7. The number of carbonyl (C=O) groups is 1. The number of nitrogens with zero attached hydrogens (tertiary/aromatic N) is 3. The number of ether oxygens (including phenoxy) is 2. The Morgan fingerprint density at radius 1 is 1.16 bits per heavy atom. The zero-order chi connectivity index (χ0) is 22.9. The molecule has 1 amide bonds. The van der Waals surface area contributed by atoms with Gasteiger partial charge in [0, 0.05) is 58.4 Å². The van der Waals surface area contributed by atoms with Crippen molar-refractivity contribution in [1.29, 1.82) is 0 Å². The molecule has 2 rings (SSSR count). The molecule has 1 fully saturated rings. The lowest BCUT2D eigenvalue weighted by Gasteiger charge is -2.35. The number of carbonyl (C=O) groups excluding carboxylic acids is 1. The summed E-state index contributed by atoms with van der Waals surface area (Å²) in [5.74, 6) is 0.711. The van der Waals surface area contributed by atoms with Crippen molar-refractivity contribution in [2.24, 2.45) is 4.99 Å². The average molecular weight is 442 g/mol. The molecule has 1 saturated heterocycles. The lowest BCUT2D eigenvalue weighted by molar-refractivity contribution is -0.0504. The fourth-order valence-corrected chi connectivity index (χ4v) is 3.07. The monoisotopic (exact) mass is 441 g/mol. The number of benzene rings is 1. The number of amides is 1. The summed E-state index contributed by atoms with van der Waals surface area (Å²) in [6, 6.07) is 6.65. The van der Waals surface area contributed by atoms with Gasteiger partial charge in [-0.25, -0.2) is 4.79 Å². The van der Waals surface area contributed by atoms with Crippen LogP contribution in [0, 0.1) is 0 Å². The number of nitrogens with one attached hydrogen (secondary N) is 2. The molecule has 31 heavy (non-hydrogen) atoms. The highest BCUT2D eigenvalue weighted by molar-refractivity contribution is 5.79. The molecule has 1 aromatic rings. The summed E-state index contributed by atoms with van der Waals surface area (Å²) in [6.45, 7) is 7.25. The SMILES string of the molecule is CN=C(NCCN1CCN(C(=O)OC(C)(C)C)CC1)NCc1ccccc1OC(F)F. The topological polar surface area (TPSA) is 78.4 Å². The van der Waals surface area contributed by atoms with E-state index in [1.54, 1.807) is 30.1 Å². The number of para-hydroxylation sites is 1. The molecule has 1 heterocycles. The molecule has 1 aliphatic rings. The quantitative estimate of drug-likeness (QED) is 0.500. The van der Waals surface area contributed by atoms with Crippen molar-refractivity contribution in [2.75, 3.05) is 46.3 Å². The molecule has 0 unspecified atom stereocenters. The number of guanidine groups is 1. The smallest absolute Gasteiger partial charge is 0.410 e. The summed E-state index contributed by atoms with van der Waals surface area (Å²) in [6.07, 6.45) is -0.272. The van der Waals surface area contributed by atoms with Gasteiger partial charge in [-0.05, 0) is 26.8 Å². The van der Waals surface area contributed by atoms with Crippen LogP contribution in [0.5, 0.6) is 5.75 Å². The van der Waals surface area contributed by atoms with Crippen LogP contribution in [0.25, 0.3) is 0 Å². The van der Waals surface area contributed by atoms with E-state index in [-0.39, 0.29) is 11.8 Å². The molecule has 174 valence electrons. The zero-order valence-corrected chi connectivity index (χ0v) is 18.7. The molecular weight excluding hydrogens is 408 g/mol. The first kappa shape index (κ1) is 24.6. The Morgan fingerprint density at radius 2 is 1.84 bits per heavy atom. The molecule has 1 aliphatic heterocycles. The van der Waals surface area contributed by atoms with Crippen LogP contribution in [0.1, 0.15) is 26.3 Å². The van der Waals surface area contributed by atoms with Gasteiger partial charge in [-0.2, -0.15) is 8.78 Å². The van der Waals surface area contributed by atoms with Crippen molar-refractivity contribution in [3.05, 3.63) is 29.8 Å². The van der Waals surface area contributed by atoms with Crippen molar-refractivity contribution in [2.45, 2.75) is 39.5 Å². The summed E-state index contributed by atoms with van der Waals surface area (Å²) < 4.78 is 35.0. The van der Waals surface area contributed by atoms with Crippen LogP contribution in [-0.2, 0) is 11.3 Å². The number of hydrogen-bond donors (Lipinski definition) is 2. The van der Waals surface area contributed by atoms with Crippen LogP contribution >= 0.6 is 0 Å². The Bertz CT molecular complexity index is 732. The summed E-state index contributed by atoms with van der Waals surface area (Å²) in [7, 11) is 1.65. The Morgan fingerprint density at radius 3 is 2.45 bits per heavy atom. The molecule has 2 N–H and O–H groups in total. The normalized spacial score (nSPS) is 15.7. The van der Waals surface area contributed by atoms with E-state index >= 15 is 0 Å². The maximum atomic E-state index is 12.5. The summed E-state index contributed by atoms with van der Waals surface area (Å²) >= 11 is 0. The maximum absolute atomic E-state index is 12.5. The van der Waals surface area contributed by atoms with Gasteiger partial charge in [-0.15, -0.1) is 0 Å². The Hall–Kier alpha value is -2.62. The Kier molecular flexibility index (Phi) is 9.29. The average Bonchev–Trinajstić information content (AvgIpc) is 2.70. The number of aliphatic imine (C=N–C) groups is 1. The summed E-state index contributed by atoms with van der Waals surface area (Å²) in [4.78, 5) is 20.3. The first-order chi connectivity index (χ1) is 14.7. The first-order valence-electron chi connectivity index (χ1n) is 10.4. The van der Waals surface area contributed by atoms with Crippen LogP contribution in [0.2, 0.25) is 0 Å². The van der Waals surface area contributed by atoms with Crippen molar-refractivity contribution in [3.63, 3.8) is 0 Å². The van der Waals surface area contributed by atoms with Crippen LogP contribution in [0.3, 0.4) is 0 Å². The third-order valence-corrected chi connectivity index (χ3v) is 4.60. The van der Waals surface area contributed by atoms with Gasteiger partial charge in [0.05, 0.1) is 0 Å². The maximum Gasteiger partial charge on any atom is 0.410 e. The lowest BCUT2D eigenvalue weighted by atomic mass is 10.2. The highest BCUT2D eigenvalue weighted by atomic mass is 19.3. The predicted octanol–water partition coefficient (Wildman–Crippen LogP) is 2.51. The molecule has 10 heteroatoms. The van der Waals surface area contributed by atoms with Gasteiger partial charge >= 0.3 is 12.7 Å². The first-order valence-corrected chi connectivity index (χ1v) is 10.4. The highest BCUT2D eigenvalue weighted by Crippen LogP contribution is 2.19. The molecule has 0 aromatic heterocycles. The van der Waals surface area contributed by atoms with Gasteiger partial charge in [0.25, 0.3) is 0 Å². The number of hydrogen-bond acceptors (Lipinski definition) is 5. The standard InChI is InChI=1S/C21H33F2N5O3/c1-21(2,3)31-20(29)28-13-11-27(12-14-28)10-9-25-19(24-4)26-15-16-7-5-6-8-17(16)30-18(22)23/h5-8,18H,9-15H2,1-4H3,(H2,24,25,26). The van der Waals surface area contributed by atoms with E-state index in [4.69, 9.17) is 4.74 Å². The number of halogens is 2. The molecule has 8 nitrogen and oxygen atoms in total. The fraction of sp³-hybridized carbons (Fsp3) is 0.619. The minimum Gasteiger partial charge on any atom is -0.444 e. The van der Waals surface area contributed by atoms with Gasteiger partial charge in [0.1, 0.15) is 11.4 Å². The zero-order valence-electron chi connectivity index (χ0n) is 18.7. The molecule has 0 saturated carbocycles. The van der Waals surface area contributed by atoms with Gasteiger partial charge in [-0.3, -0.25) is 9.89 Å². The van der Waals surface area contributed by atoms with Gasteiger partial charge in [0.2, 0.25) is 0 Å². The lowest BCUT2D eigenvalue weighted by Crippen LogP contribution is -2.51. The molecule has 0 bridgehead atoms. The van der Waals surface area contributed by atoms with E-state index in [0.717, 1.165) is 19.6 Å². The molecular formula is C21H33F2N5O3. The van der Waals surface area contributed by atoms with E-state index in [0.29, 0.717) is 37.7 Å². The second kappa shape index (κ2) is 11.7. The van der Waals surface area contributed by atoms with Crippen molar-refractivity contribution in [3.8, 4) is 5.75 Å². The van der Waals surface area contributed by atoms with Gasteiger partial charge < -0.3 is 25.0 Å². The van der Waals surface area contributed by atoms with Gasteiger partial charge in [0.15, 0.2) is 5.96 Å². The third-order valence-electron chi connectivity index (χ3n) is 4.60. The van der Waals surface area contributed by atoms with E-state index in [1.807, 2.05) is 20.8 Å². The Balaban J connectivity index is 1.71. The fourth-order valence-electron chi connectivity index (χ4n) is 3.07. The second-order valence-electron chi connectivity index (χ2n) is 8.15. The van der Waals surface area contributed by atoms with E-state index in [1.165, 1.54) is 6.07 Å². The predicted molar refractivity (Wildman–Crippen MR) is 116 cm³/mol.